The number of nitriles is 1. The standard InChI is InChI=1S/C15H16FNO4/c1-3-20-14(18)7-15(19)6-9(2)21-13-5-12(16)10(8-17)4-11(13)15/h4-5,9,19H,3,6-7H2,1-2H3/t9-,15-/m1/s1. The van der Waals surface area contributed by atoms with Crippen LogP contribution in [0, 0.1) is 17.1 Å². The lowest BCUT2D eigenvalue weighted by molar-refractivity contribution is -0.151. The van der Waals surface area contributed by atoms with E-state index in [1.54, 1.807) is 19.9 Å². The number of aliphatic hydroxyl groups is 1. The number of fused-ring (bicyclic) bond motifs is 1. The number of nitrogens with zero attached hydrogens (tertiary/aromatic N) is 1. The Labute approximate surface area is 121 Å². The average Bonchev–Trinajstić information content (AvgIpc) is 2.37. The first-order valence-electron chi connectivity index (χ1n) is 6.68. The Morgan fingerprint density at radius 1 is 1.67 bits per heavy atom. The van der Waals surface area contributed by atoms with Gasteiger partial charge in [0.15, 0.2) is 0 Å². The molecule has 112 valence electrons. The summed E-state index contributed by atoms with van der Waals surface area (Å²) in [6.45, 7) is 3.60. The maximum absolute atomic E-state index is 13.7. The van der Waals surface area contributed by atoms with Crippen molar-refractivity contribution in [1.29, 1.82) is 5.26 Å². The van der Waals surface area contributed by atoms with Crippen molar-refractivity contribution < 1.29 is 23.8 Å². The van der Waals surface area contributed by atoms with Crippen LogP contribution in [0.2, 0.25) is 0 Å². The van der Waals surface area contributed by atoms with E-state index < -0.39 is 17.4 Å². The zero-order valence-corrected chi connectivity index (χ0v) is 11.9. The zero-order chi connectivity index (χ0) is 15.6. The summed E-state index contributed by atoms with van der Waals surface area (Å²) in [7, 11) is 0. The molecule has 6 heteroatoms. The molecule has 21 heavy (non-hydrogen) atoms. The smallest absolute Gasteiger partial charge is 0.309 e. The summed E-state index contributed by atoms with van der Waals surface area (Å²) in [6, 6.07) is 4.02. The monoisotopic (exact) mass is 293 g/mol. The minimum absolute atomic E-state index is 0.150. The first-order chi connectivity index (χ1) is 9.89. The highest BCUT2D eigenvalue weighted by atomic mass is 19.1. The summed E-state index contributed by atoms with van der Waals surface area (Å²) < 4.78 is 24.0. The van der Waals surface area contributed by atoms with Crippen molar-refractivity contribution in [3.05, 3.63) is 29.1 Å². The third-order valence-corrected chi connectivity index (χ3v) is 3.39. The highest BCUT2D eigenvalue weighted by Crippen LogP contribution is 2.42. The van der Waals surface area contributed by atoms with Crippen molar-refractivity contribution in [1.82, 2.24) is 0 Å². The molecular weight excluding hydrogens is 277 g/mol. The van der Waals surface area contributed by atoms with Gasteiger partial charge in [-0.2, -0.15) is 5.26 Å². The van der Waals surface area contributed by atoms with Crippen LogP contribution in [0.5, 0.6) is 5.75 Å². The highest BCUT2D eigenvalue weighted by Gasteiger charge is 2.41. The van der Waals surface area contributed by atoms with Gasteiger partial charge in [-0.3, -0.25) is 4.79 Å². The van der Waals surface area contributed by atoms with Gasteiger partial charge >= 0.3 is 5.97 Å². The lowest BCUT2D eigenvalue weighted by atomic mass is 9.82. The molecule has 1 aromatic rings. The van der Waals surface area contributed by atoms with Gasteiger partial charge in [0, 0.05) is 18.1 Å². The van der Waals surface area contributed by atoms with Gasteiger partial charge in [-0.15, -0.1) is 0 Å². The molecule has 0 amide bonds. The summed E-state index contributed by atoms with van der Waals surface area (Å²) in [5.41, 5.74) is -1.49. The van der Waals surface area contributed by atoms with Crippen LogP contribution >= 0.6 is 0 Å². The maximum Gasteiger partial charge on any atom is 0.309 e. The number of rotatable bonds is 3. The van der Waals surface area contributed by atoms with E-state index in [9.17, 15) is 14.3 Å². The van der Waals surface area contributed by atoms with Crippen LogP contribution in [0.25, 0.3) is 0 Å². The molecule has 1 aromatic carbocycles. The molecule has 5 nitrogen and oxygen atoms in total. The zero-order valence-electron chi connectivity index (χ0n) is 11.9. The van der Waals surface area contributed by atoms with Crippen LogP contribution in [-0.2, 0) is 15.1 Å². The fourth-order valence-corrected chi connectivity index (χ4v) is 2.56. The molecule has 0 saturated carbocycles. The normalized spacial score (nSPS) is 23.7. The number of benzene rings is 1. The van der Waals surface area contributed by atoms with Crippen LogP contribution in [0.3, 0.4) is 0 Å². The first-order valence-corrected chi connectivity index (χ1v) is 6.68. The molecule has 0 bridgehead atoms. The molecule has 0 radical (unpaired) electrons. The van der Waals surface area contributed by atoms with Crippen molar-refractivity contribution in [3.8, 4) is 11.8 Å². The number of carbonyl (C=O) groups is 1. The van der Waals surface area contributed by atoms with Crippen molar-refractivity contribution in [2.24, 2.45) is 0 Å². The summed E-state index contributed by atoms with van der Waals surface area (Å²) in [5, 5.41) is 19.7. The molecule has 1 N–H and O–H groups in total. The molecule has 1 aliphatic heterocycles. The van der Waals surface area contributed by atoms with Crippen molar-refractivity contribution in [2.75, 3.05) is 6.61 Å². The molecule has 2 atom stereocenters. The summed E-state index contributed by atoms with van der Waals surface area (Å²) in [4.78, 5) is 11.7. The number of hydrogen-bond donors (Lipinski definition) is 1. The van der Waals surface area contributed by atoms with Crippen molar-refractivity contribution >= 4 is 5.97 Å². The molecule has 0 unspecified atom stereocenters. The fourth-order valence-electron chi connectivity index (χ4n) is 2.56. The average molecular weight is 293 g/mol. The van der Waals surface area contributed by atoms with Gasteiger partial charge in [-0.1, -0.05) is 0 Å². The van der Waals surface area contributed by atoms with E-state index in [4.69, 9.17) is 14.7 Å². The fraction of sp³-hybridized carbons (Fsp3) is 0.467. The van der Waals surface area contributed by atoms with Crippen LogP contribution in [0.15, 0.2) is 12.1 Å². The largest absolute Gasteiger partial charge is 0.490 e. The van der Waals surface area contributed by atoms with Gasteiger partial charge in [0.2, 0.25) is 0 Å². The molecule has 1 heterocycles. The number of carbonyl (C=O) groups excluding carboxylic acids is 1. The maximum atomic E-state index is 13.7. The van der Waals surface area contributed by atoms with Crippen LogP contribution < -0.4 is 4.74 Å². The third kappa shape index (κ3) is 2.98. The minimum Gasteiger partial charge on any atom is -0.490 e. The number of esters is 1. The predicted molar refractivity (Wildman–Crippen MR) is 71.0 cm³/mol. The van der Waals surface area contributed by atoms with Gasteiger partial charge < -0.3 is 14.6 Å². The molecule has 0 spiro atoms. The number of halogens is 1. The Morgan fingerprint density at radius 2 is 2.38 bits per heavy atom. The van der Waals surface area contributed by atoms with Gasteiger partial charge in [0.05, 0.1) is 24.7 Å². The molecule has 2 rings (SSSR count). The number of ether oxygens (including phenoxy) is 2. The molecule has 0 fully saturated rings. The predicted octanol–water partition coefficient (Wildman–Crippen LogP) is 2.01. The summed E-state index contributed by atoms with van der Waals surface area (Å²) >= 11 is 0. The van der Waals surface area contributed by atoms with Crippen molar-refractivity contribution in [2.45, 2.75) is 38.4 Å². The molecule has 0 aromatic heterocycles. The topological polar surface area (TPSA) is 79.6 Å². The second kappa shape index (κ2) is 5.70. The van der Waals surface area contributed by atoms with E-state index in [-0.39, 0.29) is 42.4 Å². The first kappa shape index (κ1) is 15.3. The Kier molecular flexibility index (Phi) is 4.14. The van der Waals surface area contributed by atoms with E-state index in [1.807, 2.05) is 0 Å². The Morgan fingerprint density at radius 3 is 3.00 bits per heavy atom. The Bertz CT molecular complexity index is 610. The van der Waals surface area contributed by atoms with Crippen LogP contribution in [0.4, 0.5) is 4.39 Å². The van der Waals surface area contributed by atoms with Gasteiger partial charge in [0.1, 0.15) is 23.2 Å². The Balaban J connectivity index is 2.46. The van der Waals surface area contributed by atoms with E-state index in [1.165, 1.54) is 6.07 Å². The third-order valence-electron chi connectivity index (χ3n) is 3.39. The molecule has 0 saturated heterocycles. The van der Waals surface area contributed by atoms with Crippen LogP contribution in [-0.4, -0.2) is 23.8 Å². The van der Waals surface area contributed by atoms with Crippen molar-refractivity contribution in [3.63, 3.8) is 0 Å². The summed E-state index contributed by atoms with van der Waals surface area (Å²) in [5.74, 6) is -1.12. The SMILES string of the molecule is CCOC(=O)C[C@]1(O)C[C@@H](C)Oc2cc(F)c(C#N)cc21. The number of hydrogen-bond acceptors (Lipinski definition) is 5. The molecule has 1 aliphatic rings. The second-order valence-electron chi connectivity index (χ2n) is 5.09. The molecular formula is C15H16FNO4. The quantitative estimate of drug-likeness (QED) is 0.862. The highest BCUT2D eigenvalue weighted by molar-refractivity contribution is 5.71. The van der Waals surface area contributed by atoms with E-state index in [0.29, 0.717) is 0 Å². The lowest BCUT2D eigenvalue weighted by Crippen LogP contribution is -2.39. The van der Waals surface area contributed by atoms with E-state index in [0.717, 1.165) is 6.07 Å². The molecule has 0 aliphatic carbocycles. The van der Waals surface area contributed by atoms with Gasteiger partial charge in [0.25, 0.3) is 0 Å². The summed E-state index contributed by atoms with van der Waals surface area (Å²) in [6.07, 6.45) is -0.489. The van der Waals surface area contributed by atoms with Gasteiger partial charge in [-0.05, 0) is 19.9 Å². The van der Waals surface area contributed by atoms with Gasteiger partial charge in [-0.25, -0.2) is 4.39 Å². The van der Waals surface area contributed by atoms with E-state index >= 15 is 0 Å². The lowest BCUT2D eigenvalue weighted by Gasteiger charge is -2.37. The minimum atomic E-state index is -1.53. The van der Waals surface area contributed by atoms with Crippen LogP contribution in [0.1, 0.15) is 37.8 Å². The van der Waals surface area contributed by atoms with E-state index in [2.05, 4.69) is 0 Å². The second-order valence-corrected chi connectivity index (χ2v) is 5.09. The Hall–Kier alpha value is -2.13.